The summed E-state index contributed by atoms with van der Waals surface area (Å²) in [6.45, 7) is 0. The summed E-state index contributed by atoms with van der Waals surface area (Å²) in [6.07, 6.45) is 1.35. The van der Waals surface area contributed by atoms with Crippen LogP contribution in [0.2, 0.25) is 0 Å². The highest BCUT2D eigenvalue weighted by Gasteiger charge is 2.40. The SMILES string of the molecule is COc1cc2c(c(OC)c1OC)CCC(Br)(Br)C2=O. The first kappa shape index (κ1) is 14.7. The maximum atomic E-state index is 12.4. The number of carbonyl (C=O) groups excluding carboxylic acids is 1. The van der Waals surface area contributed by atoms with Gasteiger partial charge in [0.25, 0.3) is 0 Å². The minimum absolute atomic E-state index is 0.0343. The summed E-state index contributed by atoms with van der Waals surface area (Å²) in [7, 11) is 4.65. The number of hydrogen-bond acceptors (Lipinski definition) is 4. The Labute approximate surface area is 128 Å². The van der Waals surface area contributed by atoms with Crippen LogP contribution in [0.5, 0.6) is 17.2 Å². The Kier molecular flexibility index (Phi) is 4.11. The van der Waals surface area contributed by atoms with Gasteiger partial charge >= 0.3 is 0 Å². The van der Waals surface area contributed by atoms with Crippen LogP contribution < -0.4 is 14.2 Å². The van der Waals surface area contributed by atoms with E-state index in [4.69, 9.17) is 14.2 Å². The van der Waals surface area contributed by atoms with Crippen LogP contribution in [0.25, 0.3) is 0 Å². The maximum absolute atomic E-state index is 12.4. The van der Waals surface area contributed by atoms with E-state index in [-0.39, 0.29) is 5.78 Å². The van der Waals surface area contributed by atoms with Gasteiger partial charge in [-0.15, -0.1) is 0 Å². The molecule has 1 aliphatic carbocycles. The zero-order valence-electron chi connectivity index (χ0n) is 10.9. The molecule has 0 fully saturated rings. The van der Waals surface area contributed by atoms with E-state index in [9.17, 15) is 4.79 Å². The number of ketones is 1. The van der Waals surface area contributed by atoms with E-state index in [1.807, 2.05) is 0 Å². The van der Waals surface area contributed by atoms with Crippen molar-refractivity contribution in [1.82, 2.24) is 0 Å². The number of rotatable bonds is 3. The third-order valence-corrected chi connectivity index (χ3v) is 4.71. The fourth-order valence-corrected chi connectivity index (χ4v) is 3.08. The molecule has 0 amide bonds. The number of benzene rings is 1. The first-order valence-electron chi connectivity index (χ1n) is 5.70. The van der Waals surface area contributed by atoms with Gasteiger partial charge < -0.3 is 14.2 Å². The van der Waals surface area contributed by atoms with Gasteiger partial charge in [0.1, 0.15) is 3.23 Å². The van der Waals surface area contributed by atoms with Crippen molar-refractivity contribution in [3.63, 3.8) is 0 Å². The first-order chi connectivity index (χ1) is 8.96. The molecule has 4 nitrogen and oxygen atoms in total. The lowest BCUT2D eigenvalue weighted by atomic mass is 9.89. The van der Waals surface area contributed by atoms with E-state index in [2.05, 4.69) is 31.9 Å². The summed E-state index contributed by atoms with van der Waals surface area (Å²) in [4.78, 5) is 12.4. The van der Waals surface area contributed by atoms with E-state index in [1.165, 1.54) is 7.11 Å². The van der Waals surface area contributed by atoms with Crippen molar-refractivity contribution in [2.45, 2.75) is 16.1 Å². The van der Waals surface area contributed by atoms with Crippen molar-refractivity contribution in [3.8, 4) is 17.2 Å². The van der Waals surface area contributed by atoms with Crippen LogP contribution in [0.3, 0.4) is 0 Å². The monoisotopic (exact) mass is 392 g/mol. The summed E-state index contributed by atoms with van der Waals surface area (Å²) in [5.41, 5.74) is 1.45. The Hall–Kier alpha value is -0.750. The smallest absolute Gasteiger partial charge is 0.203 e. The largest absolute Gasteiger partial charge is 0.493 e. The number of Topliss-reactive ketones (excluding diaryl/α,β-unsaturated/α-hetero) is 1. The normalized spacial score (nSPS) is 16.8. The van der Waals surface area contributed by atoms with Crippen LogP contribution in [-0.2, 0) is 6.42 Å². The number of carbonyl (C=O) groups is 1. The number of methoxy groups -OCH3 is 3. The Morgan fingerprint density at radius 2 is 1.74 bits per heavy atom. The molecular weight excluding hydrogens is 380 g/mol. The molecule has 0 atom stereocenters. The number of alkyl halides is 2. The topological polar surface area (TPSA) is 44.8 Å². The van der Waals surface area contributed by atoms with Crippen LogP contribution in [0.4, 0.5) is 0 Å². The van der Waals surface area contributed by atoms with Gasteiger partial charge in [0.2, 0.25) is 5.75 Å². The van der Waals surface area contributed by atoms with Crippen molar-refractivity contribution in [3.05, 3.63) is 17.2 Å². The van der Waals surface area contributed by atoms with E-state index < -0.39 is 3.23 Å². The van der Waals surface area contributed by atoms with Crippen LogP contribution >= 0.6 is 31.9 Å². The van der Waals surface area contributed by atoms with E-state index in [1.54, 1.807) is 20.3 Å². The third kappa shape index (κ3) is 2.36. The fourth-order valence-electron chi connectivity index (χ4n) is 2.26. The summed E-state index contributed by atoms with van der Waals surface area (Å²) in [5.74, 6) is 1.55. The molecule has 1 aromatic carbocycles. The number of fused-ring (bicyclic) bond motifs is 1. The molecule has 0 radical (unpaired) electrons. The molecule has 104 valence electrons. The van der Waals surface area contributed by atoms with Gasteiger partial charge in [-0.1, -0.05) is 31.9 Å². The zero-order chi connectivity index (χ0) is 14.2. The van der Waals surface area contributed by atoms with Crippen molar-refractivity contribution in [2.75, 3.05) is 21.3 Å². The molecule has 2 rings (SSSR count). The van der Waals surface area contributed by atoms with E-state index in [0.29, 0.717) is 35.7 Å². The molecule has 0 saturated heterocycles. The fraction of sp³-hybridized carbons (Fsp3) is 0.462. The minimum Gasteiger partial charge on any atom is -0.493 e. The predicted octanol–water partition coefficient (Wildman–Crippen LogP) is 3.33. The quantitative estimate of drug-likeness (QED) is 0.739. The molecule has 0 bridgehead atoms. The molecule has 1 aliphatic rings. The average Bonchev–Trinajstić information content (AvgIpc) is 2.41. The van der Waals surface area contributed by atoms with Gasteiger partial charge in [-0.25, -0.2) is 0 Å². The number of hydrogen-bond donors (Lipinski definition) is 0. The molecule has 0 saturated carbocycles. The second-order valence-corrected chi connectivity index (χ2v) is 7.98. The highest BCUT2D eigenvalue weighted by molar-refractivity contribution is 9.26. The molecule has 0 N–H and O–H groups in total. The highest BCUT2D eigenvalue weighted by atomic mass is 79.9. The third-order valence-electron chi connectivity index (χ3n) is 3.20. The van der Waals surface area contributed by atoms with Gasteiger partial charge in [0.15, 0.2) is 17.3 Å². The average molecular weight is 394 g/mol. The maximum Gasteiger partial charge on any atom is 0.203 e. The molecule has 0 aliphatic heterocycles. The van der Waals surface area contributed by atoms with E-state index in [0.717, 1.165) is 5.56 Å². The zero-order valence-corrected chi connectivity index (χ0v) is 14.1. The van der Waals surface area contributed by atoms with Crippen LogP contribution in [0.1, 0.15) is 22.3 Å². The molecule has 0 heterocycles. The van der Waals surface area contributed by atoms with Crippen LogP contribution in [0.15, 0.2) is 6.07 Å². The van der Waals surface area contributed by atoms with Gasteiger partial charge in [-0.05, 0) is 18.9 Å². The van der Waals surface area contributed by atoms with Crippen LogP contribution in [-0.4, -0.2) is 30.3 Å². The number of halogens is 2. The Morgan fingerprint density at radius 3 is 2.26 bits per heavy atom. The molecular formula is C13H14Br2O4. The highest BCUT2D eigenvalue weighted by Crippen LogP contribution is 2.48. The van der Waals surface area contributed by atoms with Crippen LogP contribution in [0, 0.1) is 0 Å². The molecule has 0 spiro atoms. The Morgan fingerprint density at radius 1 is 1.11 bits per heavy atom. The Balaban J connectivity index is 2.70. The molecule has 19 heavy (non-hydrogen) atoms. The summed E-state index contributed by atoms with van der Waals surface area (Å²) < 4.78 is 15.3. The summed E-state index contributed by atoms with van der Waals surface area (Å²) >= 11 is 6.82. The van der Waals surface area contributed by atoms with Gasteiger partial charge in [-0.3, -0.25) is 4.79 Å². The van der Waals surface area contributed by atoms with Crippen molar-refractivity contribution < 1.29 is 19.0 Å². The van der Waals surface area contributed by atoms with Gasteiger partial charge in [0.05, 0.1) is 21.3 Å². The van der Waals surface area contributed by atoms with Crippen molar-refractivity contribution >= 4 is 37.6 Å². The van der Waals surface area contributed by atoms with Gasteiger partial charge in [0, 0.05) is 11.1 Å². The molecule has 0 unspecified atom stereocenters. The number of ether oxygens (including phenoxy) is 3. The van der Waals surface area contributed by atoms with Crippen molar-refractivity contribution in [1.29, 1.82) is 0 Å². The van der Waals surface area contributed by atoms with Crippen molar-refractivity contribution in [2.24, 2.45) is 0 Å². The lowest BCUT2D eigenvalue weighted by Crippen LogP contribution is -2.31. The standard InChI is InChI=1S/C13H14Br2O4/c1-17-9-6-8-7(10(18-2)11(9)19-3)4-5-13(14,15)12(8)16/h6H,4-5H2,1-3H3. The molecule has 1 aromatic rings. The summed E-state index contributed by atoms with van der Waals surface area (Å²) in [5, 5.41) is 0. The lowest BCUT2D eigenvalue weighted by molar-refractivity contribution is 0.0971. The molecule has 0 aromatic heterocycles. The predicted molar refractivity (Wildman–Crippen MR) is 79.3 cm³/mol. The minimum atomic E-state index is -0.711. The first-order valence-corrected chi connectivity index (χ1v) is 7.29. The second kappa shape index (κ2) is 5.32. The molecule has 6 heteroatoms. The Bertz CT molecular complexity index is 526. The van der Waals surface area contributed by atoms with Gasteiger partial charge in [-0.2, -0.15) is 0 Å². The lowest BCUT2D eigenvalue weighted by Gasteiger charge is -2.28. The summed E-state index contributed by atoms with van der Waals surface area (Å²) in [6, 6.07) is 1.70. The van der Waals surface area contributed by atoms with E-state index >= 15 is 0 Å². The second-order valence-electron chi connectivity index (χ2n) is 4.21.